The van der Waals surface area contributed by atoms with Crippen LogP contribution in [0.4, 0.5) is 5.69 Å². The first-order valence-corrected chi connectivity index (χ1v) is 10.4. The Labute approximate surface area is 182 Å². The zero-order chi connectivity index (χ0) is 21.5. The predicted molar refractivity (Wildman–Crippen MR) is 125 cm³/mol. The minimum atomic E-state index is 0.635. The Morgan fingerprint density at radius 1 is 0.613 bits per heavy atom. The van der Waals surface area contributed by atoms with Gasteiger partial charge in [-0.1, -0.05) is 24.3 Å². The number of rotatable bonds is 2. The average Bonchev–Trinajstić information content (AvgIpc) is 2.80. The molecule has 0 radical (unpaired) electrons. The smallest absolute Gasteiger partial charge is 0.218 e. The average molecular weight is 402 g/mol. The van der Waals surface area contributed by atoms with Crippen molar-refractivity contribution in [2.24, 2.45) is 0 Å². The molecule has 0 N–H and O–H groups in total. The van der Waals surface area contributed by atoms with Gasteiger partial charge in [0.25, 0.3) is 0 Å². The van der Waals surface area contributed by atoms with E-state index in [1.807, 2.05) is 12.1 Å². The molecule has 148 valence electrons. The van der Waals surface area contributed by atoms with Gasteiger partial charge in [0.05, 0.1) is 12.1 Å². The second-order valence-electron chi connectivity index (χ2n) is 7.96. The summed E-state index contributed by atoms with van der Waals surface area (Å²) in [6.07, 6.45) is 0. The Kier molecular flexibility index (Phi) is 4.49. The molecule has 31 heavy (non-hydrogen) atoms. The zero-order valence-corrected chi connectivity index (χ0v) is 17.9. The van der Waals surface area contributed by atoms with Crippen molar-refractivity contribution in [1.29, 1.82) is 0 Å². The minimum Gasteiger partial charge on any atom is -0.238 e. The molecule has 5 aromatic rings. The highest BCUT2D eigenvalue weighted by atomic mass is 15.0. The predicted octanol–water partition coefficient (Wildman–Crippen LogP) is 6.02. The minimum absolute atomic E-state index is 0.635. The second-order valence-corrected chi connectivity index (χ2v) is 7.96. The van der Waals surface area contributed by atoms with Crippen molar-refractivity contribution >= 4 is 27.5 Å². The lowest BCUT2D eigenvalue weighted by Gasteiger charge is -2.11. The number of hydrogen-bond acceptors (Lipinski definition) is 0. The molecule has 0 saturated carbocycles. The number of benzene rings is 3. The maximum atomic E-state index is 7.77. The summed E-state index contributed by atoms with van der Waals surface area (Å²) in [6, 6.07) is 29.4. The third-order valence-corrected chi connectivity index (χ3v) is 6.02. The number of aryl methyl sites for hydroxylation is 2. The van der Waals surface area contributed by atoms with Crippen LogP contribution in [0.3, 0.4) is 0 Å². The lowest BCUT2D eigenvalue weighted by atomic mass is 10.1. The van der Waals surface area contributed by atoms with E-state index in [0.717, 1.165) is 39.4 Å². The van der Waals surface area contributed by atoms with E-state index < -0.39 is 0 Å². The Morgan fingerprint density at radius 2 is 1.06 bits per heavy atom. The molecule has 0 saturated heterocycles. The molecule has 0 atom stereocenters. The number of para-hydroxylation sites is 2. The van der Waals surface area contributed by atoms with Gasteiger partial charge in [-0.15, -0.1) is 0 Å². The third kappa shape index (κ3) is 3.05. The van der Waals surface area contributed by atoms with Crippen molar-refractivity contribution in [3.05, 3.63) is 113 Å². The van der Waals surface area contributed by atoms with Gasteiger partial charge >= 0.3 is 0 Å². The lowest BCUT2D eigenvalue weighted by molar-refractivity contribution is -0.583. The van der Waals surface area contributed by atoms with Crippen molar-refractivity contribution in [3.8, 4) is 11.4 Å². The molecule has 0 spiro atoms. The van der Waals surface area contributed by atoms with Crippen molar-refractivity contribution in [1.82, 2.24) is 0 Å². The molecule has 0 aliphatic heterocycles. The lowest BCUT2D eigenvalue weighted by Crippen LogP contribution is -2.40. The van der Waals surface area contributed by atoms with Crippen LogP contribution >= 0.6 is 0 Å². The summed E-state index contributed by atoms with van der Waals surface area (Å²) >= 11 is 0. The summed E-state index contributed by atoms with van der Waals surface area (Å²) in [5.74, 6) is 0. The van der Waals surface area contributed by atoms with Gasteiger partial charge in [-0.05, 0) is 31.2 Å². The maximum absolute atomic E-state index is 7.77. The Balaban J connectivity index is 1.90. The molecule has 0 bridgehead atoms. The molecule has 0 unspecified atom stereocenters. The second kappa shape index (κ2) is 7.34. The van der Waals surface area contributed by atoms with E-state index in [4.69, 9.17) is 6.57 Å². The van der Waals surface area contributed by atoms with Crippen LogP contribution in [-0.2, 0) is 0 Å². The van der Waals surface area contributed by atoms with Gasteiger partial charge in [0.1, 0.15) is 0 Å². The van der Waals surface area contributed by atoms with Crippen LogP contribution in [0.15, 0.2) is 84.9 Å². The fourth-order valence-electron chi connectivity index (χ4n) is 4.45. The van der Waals surface area contributed by atoms with Crippen LogP contribution in [0.1, 0.15) is 17.0 Å². The number of hydrogen-bond donors (Lipinski definition) is 0. The van der Waals surface area contributed by atoms with E-state index in [1.165, 1.54) is 10.8 Å². The highest BCUT2D eigenvalue weighted by Crippen LogP contribution is 2.26. The number of aromatic nitrogens is 2. The Morgan fingerprint density at radius 3 is 1.52 bits per heavy atom. The molecule has 2 heterocycles. The molecule has 0 amide bonds. The largest absolute Gasteiger partial charge is 0.238 e. The zero-order valence-electron chi connectivity index (χ0n) is 17.9. The first-order chi connectivity index (χ1) is 15.1. The van der Waals surface area contributed by atoms with Crippen LogP contribution in [-0.4, -0.2) is 0 Å². The first-order valence-electron chi connectivity index (χ1n) is 10.4. The Bertz CT molecular complexity index is 1420. The molecule has 2 aromatic heterocycles. The van der Waals surface area contributed by atoms with E-state index in [0.29, 0.717) is 5.69 Å². The van der Waals surface area contributed by atoms with Crippen LogP contribution < -0.4 is 9.13 Å². The van der Waals surface area contributed by atoms with Gasteiger partial charge in [0.2, 0.25) is 22.4 Å². The van der Waals surface area contributed by atoms with Gasteiger partial charge < -0.3 is 0 Å². The molecule has 3 heteroatoms. The molecule has 3 nitrogen and oxygen atoms in total. The Hall–Kier alpha value is -4.03. The first kappa shape index (κ1) is 19.0. The van der Waals surface area contributed by atoms with Crippen LogP contribution in [0, 0.1) is 27.3 Å². The maximum Gasteiger partial charge on any atom is 0.218 e. The molecular formula is C28H23N3+2. The van der Waals surface area contributed by atoms with E-state index >= 15 is 0 Å². The number of pyridine rings is 2. The highest BCUT2D eigenvalue weighted by Gasteiger charge is 2.27. The van der Waals surface area contributed by atoms with Crippen LogP contribution in [0.5, 0.6) is 0 Å². The van der Waals surface area contributed by atoms with E-state index in [-0.39, 0.29) is 0 Å². The summed E-state index contributed by atoms with van der Waals surface area (Å²) in [4.78, 5) is 3.83. The van der Waals surface area contributed by atoms with Crippen molar-refractivity contribution in [2.45, 2.75) is 20.8 Å². The van der Waals surface area contributed by atoms with E-state index in [2.05, 4.69) is 108 Å². The fraction of sp³-hybridized carbons (Fsp3) is 0.107. The standard InChI is InChI=1S/C28H23N3/c1-19-13-15-22-9-5-7-11-25(22)30(19)27-17-24(29-4)18-28(21(27)3)31-20(2)14-16-23-10-6-8-12-26(23)31/h5-18H,1-3H3/q+2. The SMILES string of the molecule is [C-]#[N+]c1cc(-[n+]2c(C)ccc3ccccc32)c(C)c(-[n+]2c(C)ccc3ccccc32)c1. The summed E-state index contributed by atoms with van der Waals surface area (Å²) in [7, 11) is 0. The van der Waals surface area contributed by atoms with E-state index in [1.54, 1.807) is 0 Å². The number of fused-ring (bicyclic) bond motifs is 2. The topological polar surface area (TPSA) is 12.1 Å². The van der Waals surface area contributed by atoms with Crippen LogP contribution in [0.2, 0.25) is 0 Å². The van der Waals surface area contributed by atoms with Gasteiger partial charge in [0, 0.05) is 61.0 Å². The van der Waals surface area contributed by atoms with Gasteiger partial charge in [-0.25, -0.2) is 4.85 Å². The molecule has 5 rings (SSSR count). The van der Waals surface area contributed by atoms with Crippen molar-refractivity contribution < 1.29 is 9.13 Å². The molecule has 0 aliphatic rings. The normalized spacial score (nSPS) is 11.0. The molecule has 0 fully saturated rings. The van der Waals surface area contributed by atoms with Crippen molar-refractivity contribution in [3.63, 3.8) is 0 Å². The van der Waals surface area contributed by atoms with E-state index in [9.17, 15) is 0 Å². The third-order valence-electron chi connectivity index (χ3n) is 6.02. The van der Waals surface area contributed by atoms with Gasteiger partial charge in [-0.3, -0.25) is 0 Å². The monoisotopic (exact) mass is 401 g/mol. The summed E-state index contributed by atoms with van der Waals surface area (Å²) < 4.78 is 4.54. The molecule has 0 aliphatic carbocycles. The van der Waals surface area contributed by atoms with Gasteiger partial charge in [-0.2, -0.15) is 9.13 Å². The summed E-state index contributed by atoms with van der Waals surface area (Å²) in [5.41, 5.74) is 8.40. The summed E-state index contributed by atoms with van der Waals surface area (Å²) in [5, 5.41) is 2.35. The fourth-order valence-corrected chi connectivity index (χ4v) is 4.45. The van der Waals surface area contributed by atoms with Crippen molar-refractivity contribution in [2.75, 3.05) is 0 Å². The molecular weight excluding hydrogens is 378 g/mol. The highest BCUT2D eigenvalue weighted by molar-refractivity contribution is 5.77. The van der Waals surface area contributed by atoms with Crippen LogP contribution in [0.25, 0.3) is 38.0 Å². The quantitative estimate of drug-likeness (QED) is 0.253. The number of nitrogens with zero attached hydrogens (tertiary/aromatic N) is 3. The van der Waals surface area contributed by atoms with Gasteiger partial charge in [0.15, 0.2) is 17.1 Å². The summed E-state index contributed by atoms with van der Waals surface area (Å²) in [6.45, 7) is 14.2. The molecule has 3 aromatic carbocycles.